The Morgan fingerprint density at radius 2 is 2.04 bits per heavy atom. The van der Waals surface area contributed by atoms with Gasteiger partial charge in [0.1, 0.15) is 0 Å². The monoisotopic (exact) mass is 348 g/mol. The van der Waals surface area contributed by atoms with Crippen molar-refractivity contribution in [3.05, 3.63) is 44.8 Å². The number of likely N-dealkylation sites (tertiary alicyclic amines) is 1. The maximum atomic E-state index is 12.5. The predicted molar refractivity (Wildman–Crippen MR) is 93.8 cm³/mol. The second-order valence-electron chi connectivity index (χ2n) is 5.81. The number of piperidine rings is 1. The first-order valence-corrected chi connectivity index (χ1v) is 9.57. The molecule has 23 heavy (non-hydrogen) atoms. The van der Waals surface area contributed by atoms with Gasteiger partial charge in [0.05, 0.1) is 16.8 Å². The third-order valence-electron chi connectivity index (χ3n) is 4.14. The van der Waals surface area contributed by atoms with Crippen LogP contribution in [-0.4, -0.2) is 29.8 Å². The Morgan fingerprint density at radius 3 is 2.74 bits per heavy atom. The van der Waals surface area contributed by atoms with Gasteiger partial charge in [0, 0.05) is 18.0 Å². The quantitative estimate of drug-likeness (QED) is 0.919. The van der Waals surface area contributed by atoms with Gasteiger partial charge in [-0.05, 0) is 42.7 Å². The molecule has 0 aromatic carbocycles. The fourth-order valence-corrected chi connectivity index (χ4v) is 4.30. The molecule has 1 saturated heterocycles. The number of thiophene rings is 2. The molecule has 1 aliphatic heterocycles. The summed E-state index contributed by atoms with van der Waals surface area (Å²) in [5.74, 6) is -0.0199. The topological polar surface area (TPSA) is 49.4 Å². The molecule has 1 aliphatic rings. The lowest BCUT2D eigenvalue weighted by Crippen LogP contribution is -2.45. The molecule has 1 fully saturated rings. The molecule has 2 aromatic heterocycles. The number of nitrogens with one attached hydrogen (secondary N) is 1. The number of hydrogen-bond acceptors (Lipinski definition) is 4. The van der Waals surface area contributed by atoms with Gasteiger partial charge in [0.25, 0.3) is 5.91 Å². The van der Waals surface area contributed by atoms with Crippen molar-refractivity contribution in [2.75, 3.05) is 13.1 Å². The molecule has 3 rings (SSSR count). The minimum Gasteiger partial charge on any atom is -0.348 e. The summed E-state index contributed by atoms with van der Waals surface area (Å²) in [4.78, 5) is 28.7. The third-order valence-corrected chi connectivity index (χ3v) is 6.05. The molecule has 3 heterocycles. The van der Waals surface area contributed by atoms with E-state index in [9.17, 15) is 9.59 Å². The normalized spacial score (nSPS) is 19.3. The molecule has 2 amide bonds. The van der Waals surface area contributed by atoms with Crippen molar-refractivity contribution in [1.29, 1.82) is 0 Å². The standard InChI is InChI=1S/C17H20N2O2S2/c1-12(14-6-3-9-22-14)18-16(20)13-5-2-8-19(11-13)17(21)15-7-4-10-23-15/h3-4,6-7,9-10,12-13H,2,5,8,11H2,1H3,(H,18,20)/t12-,13-/m1/s1. The van der Waals surface area contributed by atoms with Crippen LogP contribution >= 0.6 is 22.7 Å². The first-order valence-electron chi connectivity index (χ1n) is 7.81. The first-order chi connectivity index (χ1) is 11.1. The van der Waals surface area contributed by atoms with Crippen molar-refractivity contribution < 1.29 is 9.59 Å². The highest BCUT2D eigenvalue weighted by molar-refractivity contribution is 7.12. The van der Waals surface area contributed by atoms with E-state index in [1.165, 1.54) is 11.3 Å². The molecule has 0 saturated carbocycles. The van der Waals surface area contributed by atoms with E-state index < -0.39 is 0 Å². The molecule has 6 heteroatoms. The van der Waals surface area contributed by atoms with Crippen LogP contribution in [0.3, 0.4) is 0 Å². The summed E-state index contributed by atoms with van der Waals surface area (Å²) in [6, 6.07) is 7.77. The zero-order valence-electron chi connectivity index (χ0n) is 13.0. The number of amides is 2. The highest BCUT2D eigenvalue weighted by Gasteiger charge is 2.29. The maximum Gasteiger partial charge on any atom is 0.263 e. The molecule has 0 spiro atoms. The van der Waals surface area contributed by atoms with E-state index in [2.05, 4.69) is 5.32 Å². The highest BCUT2D eigenvalue weighted by Crippen LogP contribution is 2.23. The summed E-state index contributed by atoms with van der Waals surface area (Å²) in [7, 11) is 0. The van der Waals surface area contributed by atoms with Crippen molar-refractivity contribution in [3.63, 3.8) is 0 Å². The predicted octanol–water partition coefficient (Wildman–Crippen LogP) is 3.54. The van der Waals surface area contributed by atoms with Crippen LogP contribution in [0.15, 0.2) is 35.0 Å². The van der Waals surface area contributed by atoms with E-state index >= 15 is 0 Å². The SMILES string of the molecule is C[C@@H](NC(=O)[C@@H]1CCCN(C(=O)c2cccs2)C1)c1cccs1. The van der Waals surface area contributed by atoms with Gasteiger partial charge in [0.2, 0.25) is 5.91 Å². The van der Waals surface area contributed by atoms with E-state index in [0.29, 0.717) is 6.54 Å². The van der Waals surface area contributed by atoms with Crippen LogP contribution in [0.5, 0.6) is 0 Å². The van der Waals surface area contributed by atoms with E-state index in [0.717, 1.165) is 29.1 Å². The largest absolute Gasteiger partial charge is 0.348 e. The summed E-state index contributed by atoms with van der Waals surface area (Å²) in [6.45, 7) is 3.25. The number of carbonyl (C=O) groups is 2. The van der Waals surface area contributed by atoms with Crippen molar-refractivity contribution in [3.8, 4) is 0 Å². The molecule has 1 N–H and O–H groups in total. The van der Waals surface area contributed by atoms with Crippen molar-refractivity contribution in [1.82, 2.24) is 10.2 Å². The molecule has 122 valence electrons. The number of hydrogen-bond donors (Lipinski definition) is 1. The fraction of sp³-hybridized carbons (Fsp3) is 0.412. The van der Waals surface area contributed by atoms with Crippen molar-refractivity contribution >= 4 is 34.5 Å². The van der Waals surface area contributed by atoms with Crippen LogP contribution in [0, 0.1) is 5.92 Å². The minimum absolute atomic E-state index is 0.0193. The molecular formula is C17H20N2O2S2. The Labute approximate surface area is 144 Å². The molecule has 4 nitrogen and oxygen atoms in total. The summed E-state index contributed by atoms with van der Waals surface area (Å²) in [5.41, 5.74) is 0. The lowest BCUT2D eigenvalue weighted by molar-refractivity contribution is -0.126. The Hall–Kier alpha value is -1.66. The van der Waals surface area contributed by atoms with Crippen molar-refractivity contribution in [2.24, 2.45) is 5.92 Å². The molecule has 0 unspecified atom stereocenters. The summed E-state index contributed by atoms with van der Waals surface area (Å²) < 4.78 is 0. The van der Waals surface area contributed by atoms with Gasteiger partial charge in [-0.15, -0.1) is 22.7 Å². The summed E-state index contributed by atoms with van der Waals surface area (Å²) in [5, 5.41) is 7.00. The van der Waals surface area contributed by atoms with E-state index in [1.54, 1.807) is 11.3 Å². The highest BCUT2D eigenvalue weighted by atomic mass is 32.1. The van der Waals surface area contributed by atoms with Crippen LogP contribution in [0.1, 0.15) is 40.4 Å². The van der Waals surface area contributed by atoms with Crippen molar-refractivity contribution in [2.45, 2.75) is 25.8 Å². The molecule has 2 aromatic rings. The number of rotatable bonds is 4. The fourth-order valence-electron chi connectivity index (χ4n) is 2.87. The lowest BCUT2D eigenvalue weighted by atomic mass is 9.96. The van der Waals surface area contributed by atoms with E-state index in [1.807, 2.05) is 46.8 Å². The van der Waals surface area contributed by atoms with Crippen LogP contribution in [0.4, 0.5) is 0 Å². The molecule has 0 bridgehead atoms. The maximum absolute atomic E-state index is 12.5. The van der Waals surface area contributed by atoms with Gasteiger partial charge >= 0.3 is 0 Å². The van der Waals surface area contributed by atoms with Gasteiger partial charge in [0.15, 0.2) is 0 Å². The average Bonchev–Trinajstić information content (AvgIpc) is 3.27. The van der Waals surface area contributed by atoms with E-state index in [-0.39, 0.29) is 23.8 Å². The Morgan fingerprint density at radius 1 is 1.26 bits per heavy atom. The number of nitrogens with zero attached hydrogens (tertiary/aromatic N) is 1. The second-order valence-corrected chi connectivity index (χ2v) is 7.74. The summed E-state index contributed by atoms with van der Waals surface area (Å²) >= 11 is 3.10. The van der Waals surface area contributed by atoms with Gasteiger partial charge in [-0.25, -0.2) is 0 Å². The van der Waals surface area contributed by atoms with Gasteiger partial charge < -0.3 is 10.2 Å². The first kappa shape index (κ1) is 16.2. The molecule has 2 atom stereocenters. The zero-order valence-corrected chi connectivity index (χ0v) is 14.7. The molecule has 0 radical (unpaired) electrons. The van der Waals surface area contributed by atoms with Gasteiger partial charge in [-0.1, -0.05) is 12.1 Å². The Bertz CT molecular complexity index is 652. The Balaban J connectivity index is 1.59. The summed E-state index contributed by atoms with van der Waals surface area (Å²) in [6.07, 6.45) is 1.72. The van der Waals surface area contributed by atoms with Gasteiger partial charge in [-0.2, -0.15) is 0 Å². The second kappa shape index (κ2) is 7.27. The lowest BCUT2D eigenvalue weighted by Gasteiger charge is -2.32. The minimum atomic E-state index is -0.116. The van der Waals surface area contributed by atoms with Crippen LogP contribution < -0.4 is 5.32 Å². The smallest absolute Gasteiger partial charge is 0.263 e. The molecule has 0 aliphatic carbocycles. The average molecular weight is 348 g/mol. The van der Waals surface area contributed by atoms with Crippen LogP contribution in [0.25, 0.3) is 0 Å². The zero-order chi connectivity index (χ0) is 16.2. The third kappa shape index (κ3) is 3.82. The molecular weight excluding hydrogens is 328 g/mol. The number of carbonyl (C=O) groups excluding carboxylic acids is 2. The Kier molecular flexibility index (Phi) is 5.13. The van der Waals surface area contributed by atoms with E-state index in [4.69, 9.17) is 0 Å². The van der Waals surface area contributed by atoms with Gasteiger partial charge in [-0.3, -0.25) is 9.59 Å². The van der Waals surface area contributed by atoms with Crippen LogP contribution in [-0.2, 0) is 4.79 Å². The van der Waals surface area contributed by atoms with Crippen LogP contribution in [0.2, 0.25) is 0 Å².